The van der Waals surface area contributed by atoms with Crippen LogP contribution in [0.5, 0.6) is 5.75 Å². The summed E-state index contributed by atoms with van der Waals surface area (Å²) in [5, 5.41) is 0. The summed E-state index contributed by atoms with van der Waals surface area (Å²) in [5.41, 5.74) is 1.35. The van der Waals surface area contributed by atoms with Crippen LogP contribution in [0.25, 0.3) is 0 Å². The van der Waals surface area contributed by atoms with Crippen molar-refractivity contribution in [3.05, 3.63) is 59.9 Å². The van der Waals surface area contributed by atoms with Crippen molar-refractivity contribution in [3.63, 3.8) is 0 Å². The number of pyridine rings is 1. The molecule has 0 N–H and O–H groups in total. The molecule has 8 heteroatoms. The Morgan fingerprint density at radius 3 is 2.43 bits per heavy atom. The number of nitrogens with zero attached hydrogens (tertiary/aromatic N) is 4. The number of ether oxygens (including phenoxy) is 2. The third kappa shape index (κ3) is 5.33. The minimum absolute atomic E-state index is 0.0898. The van der Waals surface area contributed by atoms with Gasteiger partial charge in [-0.2, -0.15) is 0 Å². The summed E-state index contributed by atoms with van der Waals surface area (Å²) in [6, 6.07) is 12.1. The van der Waals surface area contributed by atoms with Crippen LogP contribution in [0.1, 0.15) is 37.3 Å². The van der Waals surface area contributed by atoms with Gasteiger partial charge in [0.1, 0.15) is 11.3 Å². The number of hydrogen-bond donors (Lipinski definition) is 0. The van der Waals surface area contributed by atoms with Gasteiger partial charge in [-0.05, 0) is 61.9 Å². The number of urea groups is 1. The first-order valence-electron chi connectivity index (χ1n) is 12.4. The van der Waals surface area contributed by atoms with Crippen LogP contribution in [0.2, 0.25) is 0 Å². The largest absolute Gasteiger partial charge is 0.497 e. The molecule has 1 spiro atoms. The van der Waals surface area contributed by atoms with Crippen molar-refractivity contribution < 1.29 is 19.1 Å². The second kappa shape index (κ2) is 11.2. The number of carbonyl (C=O) groups excluding carboxylic acids is 2. The van der Waals surface area contributed by atoms with E-state index in [-0.39, 0.29) is 18.5 Å². The molecular weight excluding hydrogens is 444 g/mol. The van der Waals surface area contributed by atoms with E-state index < -0.39 is 5.54 Å². The van der Waals surface area contributed by atoms with Gasteiger partial charge in [0.25, 0.3) is 5.91 Å². The number of rotatable bonds is 10. The molecule has 0 aliphatic carbocycles. The van der Waals surface area contributed by atoms with Gasteiger partial charge in [-0.15, -0.1) is 0 Å². The highest BCUT2D eigenvalue weighted by molar-refractivity contribution is 6.07. The molecule has 8 nitrogen and oxygen atoms in total. The van der Waals surface area contributed by atoms with Gasteiger partial charge < -0.3 is 19.3 Å². The van der Waals surface area contributed by atoms with E-state index in [9.17, 15) is 9.59 Å². The smallest absolute Gasteiger partial charge is 0.328 e. The molecule has 0 radical (unpaired) electrons. The quantitative estimate of drug-likeness (QED) is 0.486. The topological polar surface area (TPSA) is 75.2 Å². The van der Waals surface area contributed by atoms with Crippen molar-refractivity contribution in [2.24, 2.45) is 0 Å². The van der Waals surface area contributed by atoms with Crippen LogP contribution >= 0.6 is 0 Å². The summed E-state index contributed by atoms with van der Waals surface area (Å²) in [7, 11) is 3.30. The number of methoxy groups -OCH3 is 2. The van der Waals surface area contributed by atoms with Gasteiger partial charge in [-0.1, -0.05) is 18.2 Å². The van der Waals surface area contributed by atoms with E-state index in [2.05, 4.69) is 28.9 Å². The third-order valence-corrected chi connectivity index (χ3v) is 7.46. The van der Waals surface area contributed by atoms with Crippen molar-refractivity contribution in [3.8, 4) is 5.75 Å². The lowest BCUT2D eigenvalue weighted by molar-refractivity contribution is -0.136. The predicted molar refractivity (Wildman–Crippen MR) is 133 cm³/mol. The molecular formula is C27H36N4O4. The fraction of sp³-hybridized carbons (Fsp3) is 0.519. The van der Waals surface area contributed by atoms with Gasteiger partial charge in [0.05, 0.1) is 20.3 Å². The summed E-state index contributed by atoms with van der Waals surface area (Å²) in [4.78, 5) is 36.8. The summed E-state index contributed by atoms with van der Waals surface area (Å²) in [6.45, 7) is 4.89. The van der Waals surface area contributed by atoms with E-state index in [0.29, 0.717) is 32.0 Å². The first-order valence-corrected chi connectivity index (χ1v) is 12.4. The van der Waals surface area contributed by atoms with Crippen LogP contribution in [0, 0.1) is 0 Å². The molecule has 2 fully saturated rings. The van der Waals surface area contributed by atoms with Crippen LogP contribution < -0.4 is 4.74 Å². The van der Waals surface area contributed by atoms with Crippen molar-refractivity contribution in [2.45, 2.75) is 50.7 Å². The fourth-order valence-electron chi connectivity index (χ4n) is 5.26. The Kier molecular flexibility index (Phi) is 8.03. The number of aromatic nitrogens is 1. The van der Waals surface area contributed by atoms with E-state index in [4.69, 9.17) is 9.47 Å². The molecule has 2 aromatic rings. The van der Waals surface area contributed by atoms with Crippen LogP contribution in [0.4, 0.5) is 4.79 Å². The zero-order valence-corrected chi connectivity index (χ0v) is 21.0. The van der Waals surface area contributed by atoms with Gasteiger partial charge in [0, 0.05) is 45.2 Å². The summed E-state index contributed by atoms with van der Waals surface area (Å²) in [6.07, 6.45) is 6.69. The number of piperidine rings is 1. The van der Waals surface area contributed by atoms with Gasteiger partial charge >= 0.3 is 6.03 Å². The Morgan fingerprint density at radius 1 is 1.06 bits per heavy atom. The maximum atomic E-state index is 13.7. The standard InChI is InChI=1S/C27H36N4O4/c1-21(6-7-22-8-10-24(35-3)11-9-22)29-15-12-27(13-16-29)25(32)30(20-23-5-4-14-28-19-23)26(33)31(27)17-18-34-2/h4-5,8-11,14,19,21H,6-7,12-13,15-18,20H2,1-3H3/t21-/m0/s1. The molecule has 2 aliphatic rings. The summed E-state index contributed by atoms with van der Waals surface area (Å²) >= 11 is 0. The number of imide groups is 1. The second-order valence-electron chi connectivity index (χ2n) is 9.48. The van der Waals surface area contributed by atoms with Crippen molar-refractivity contribution in [2.75, 3.05) is 40.5 Å². The zero-order chi connectivity index (χ0) is 24.8. The minimum Gasteiger partial charge on any atom is -0.497 e. The van der Waals surface area contributed by atoms with E-state index in [1.807, 2.05) is 24.3 Å². The van der Waals surface area contributed by atoms with E-state index >= 15 is 0 Å². The molecule has 3 heterocycles. The lowest BCUT2D eigenvalue weighted by Gasteiger charge is -2.44. The first-order chi connectivity index (χ1) is 17.0. The van der Waals surface area contributed by atoms with Gasteiger partial charge in [0.15, 0.2) is 0 Å². The zero-order valence-electron chi connectivity index (χ0n) is 21.0. The highest BCUT2D eigenvalue weighted by atomic mass is 16.5. The summed E-state index contributed by atoms with van der Waals surface area (Å²) in [5.74, 6) is 0.780. The summed E-state index contributed by atoms with van der Waals surface area (Å²) < 4.78 is 10.5. The van der Waals surface area contributed by atoms with Gasteiger partial charge in [-0.3, -0.25) is 14.7 Å². The Bertz CT molecular complexity index is 990. The molecule has 0 bridgehead atoms. The van der Waals surface area contributed by atoms with Crippen LogP contribution in [0.15, 0.2) is 48.8 Å². The lowest BCUT2D eigenvalue weighted by Crippen LogP contribution is -2.58. The average molecular weight is 481 g/mol. The minimum atomic E-state index is -0.788. The second-order valence-corrected chi connectivity index (χ2v) is 9.48. The van der Waals surface area contributed by atoms with E-state index in [1.54, 1.807) is 31.5 Å². The molecule has 1 atom stereocenters. The van der Waals surface area contributed by atoms with E-state index in [1.165, 1.54) is 10.5 Å². The normalized spacial score (nSPS) is 18.9. The fourth-order valence-corrected chi connectivity index (χ4v) is 5.26. The number of benzene rings is 1. The molecule has 2 saturated heterocycles. The van der Waals surface area contributed by atoms with Crippen LogP contribution in [-0.4, -0.2) is 83.7 Å². The molecule has 35 heavy (non-hydrogen) atoms. The first kappa shape index (κ1) is 25.1. The number of aryl methyl sites for hydroxylation is 1. The molecule has 1 aromatic carbocycles. The highest BCUT2D eigenvalue weighted by Gasteiger charge is 2.57. The molecule has 0 saturated carbocycles. The molecule has 188 valence electrons. The van der Waals surface area contributed by atoms with Crippen molar-refractivity contribution in [1.29, 1.82) is 0 Å². The molecule has 4 rings (SSSR count). The van der Waals surface area contributed by atoms with Crippen LogP contribution in [-0.2, 0) is 22.5 Å². The van der Waals surface area contributed by atoms with Crippen molar-refractivity contribution >= 4 is 11.9 Å². The SMILES string of the molecule is COCCN1C(=O)N(Cc2cccnc2)C(=O)C12CCN([C@@H](C)CCc1ccc(OC)cc1)CC2. The van der Waals surface area contributed by atoms with Gasteiger partial charge in [-0.25, -0.2) is 4.79 Å². The van der Waals surface area contributed by atoms with Crippen molar-refractivity contribution in [1.82, 2.24) is 19.7 Å². The van der Waals surface area contributed by atoms with Gasteiger partial charge in [0.2, 0.25) is 0 Å². The Labute approximate surface area is 207 Å². The molecule has 0 unspecified atom stereocenters. The molecule has 3 amide bonds. The average Bonchev–Trinajstić information content (AvgIpc) is 3.08. The Balaban J connectivity index is 1.41. The molecule has 1 aromatic heterocycles. The Hall–Kier alpha value is -2.97. The monoisotopic (exact) mass is 480 g/mol. The van der Waals surface area contributed by atoms with Crippen LogP contribution in [0.3, 0.4) is 0 Å². The highest BCUT2D eigenvalue weighted by Crippen LogP contribution is 2.38. The lowest BCUT2D eigenvalue weighted by atomic mass is 9.85. The third-order valence-electron chi connectivity index (χ3n) is 7.46. The number of hydrogen-bond acceptors (Lipinski definition) is 6. The number of likely N-dealkylation sites (tertiary alicyclic amines) is 1. The maximum Gasteiger partial charge on any atom is 0.328 e. The van der Waals surface area contributed by atoms with E-state index in [0.717, 1.165) is 37.2 Å². The number of carbonyl (C=O) groups is 2. The maximum absolute atomic E-state index is 13.7. The Morgan fingerprint density at radius 2 is 1.80 bits per heavy atom. The predicted octanol–water partition coefficient (Wildman–Crippen LogP) is 3.36. The number of amides is 3. The molecule has 2 aliphatic heterocycles.